The minimum atomic E-state index is -0.0640. The highest BCUT2D eigenvalue weighted by Crippen LogP contribution is 2.64. The lowest BCUT2D eigenvalue weighted by Crippen LogP contribution is -2.29. The molecule has 0 aliphatic heterocycles. The maximum Gasteiger partial charge on any atom is 0.255 e. The minimum Gasteiger partial charge on any atom is -0.367 e. The van der Waals surface area contributed by atoms with E-state index < -0.39 is 0 Å². The van der Waals surface area contributed by atoms with Gasteiger partial charge in [0.1, 0.15) is 5.82 Å². The molecule has 0 spiro atoms. The number of nitrogens with one attached hydrogen (secondary N) is 2. The summed E-state index contributed by atoms with van der Waals surface area (Å²) in [5, 5.41) is 7.15. The molecular weight excluding hydrogens is 396 g/mol. The molecule has 0 radical (unpaired) electrons. The molecule has 2 fully saturated rings. The number of hydrogen-bond donors (Lipinski definition) is 2. The molecule has 2 aliphatic carbocycles. The van der Waals surface area contributed by atoms with Gasteiger partial charge in [0.05, 0.1) is 11.9 Å². The van der Waals surface area contributed by atoms with Gasteiger partial charge in [-0.05, 0) is 48.6 Å². The topological polar surface area (TPSA) is 84.7 Å². The molecule has 0 amide bonds. The summed E-state index contributed by atoms with van der Waals surface area (Å²) in [4.78, 5) is 26.5. The Bertz CT molecular complexity index is 1100. The number of anilines is 2. The van der Waals surface area contributed by atoms with Gasteiger partial charge in [-0.3, -0.25) is 9.36 Å². The normalized spacial score (nSPS) is 26.8. The Kier molecular flexibility index (Phi) is 4.73. The van der Waals surface area contributed by atoms with Crippen molar-refractivity contribution in [1.29, 1.82) is 0 Å². The van der Waals surface area contributed by atoms with Gasteiger partial charge >= 0.3 is 0 Å². The second-order valence-corrected chi connectivity index (χ2v) is 9.14. The average molecular weight is 421 g/mol. The van der Waals surface area contributed by atoms with Gasteiger partial charge in [-0.15, -0.1) is 11.8 Å². The van der Waals surface area contributed by atoms with Crippen molar-refractivity contribution >= 4 is 23.5 Å². The first-order valence-corrected chi connectivity index (χ1v) is 11.3. The Morgan fingerprint density at radius 2 is 1.93 bits per heavy atom. The molecule has 3 aromatic heterocycles. The van der Waals surface area contributed by atoms with Gasteiger partial charge in [0.2, 0.25) is 5.95 Å². The van der Waals surface area contributed by atoms with Crippen LogP contribution in [0.4, 0.5) is 11.8 Å². The molecule has 0 saturated heterocycles. The molecule has 0 bridgehead atoms. The minimum absolute atomic E-state index is 0.0640. The SMILES string of the molecule is CSc1cnc(N[C@@H]2C[C@@H](Nc3ccc(-n4ccccc4=O)cn3)C3(C)C[C@@H]23)nc1. The predicted molar refractivity (Wildman–Crippen MR) is 119 cm³/mol. The van der Waals surface area contributed by atoms with Crippen LogP contribution in [0.2, 0.25) is 0 Å². The van der Waals surface area contributed by atoms with Crippen LogP contribution in [0, 0.1) is 11.3 Å². The van der Waals surface area contributed by atoms with Crippen LogP contribution in [0.15, 0.2) is 64.8 Å². The standard InChI is InChI=1S/C22H24N6OS/c1-22-10-16(22)17(26-21-24-12-15(30-2)13-25-21)9-18(22)27-19-7-6-14(11-23-19)28-8-4-3-5-20(28)29/h3-8,11-13,16-18H,9-10H2,1-2H3,(H,23,27)(H,24,25,26)/t16-,17+,18+,22?/m0/s1. The van der Waals surface area contributed by atoms with Crippen LogP contribution in [0.5, 0.6) is 0 Å². The van der Waals surface area contributed by atoms with Gasteiger partial charge in [-0.1, -0.05) is 13.0 Å². The summed E-state index contributed by atoms with van der Waals surface area (Å²) in [7, 11) is 0. The maximum atomic E-state index is 12.0. The zero-order chi connectivity index (χ0) is 20.7. The van der Waals surface area contributed by atoms with Crippen molar-refractivity contribution in [2.45, 2.75) is 36.7 Å². The van der Waals surface area contributed by atoms with Crippen molar-refractivity contribution in [3.05, 3.63) is 65.5 Å². The Hall–Kier alpha value is -2.87. The van der Waals surface area contributed by atoms with Gasteiger partial charge in [0, 0.05) is 41.6 Å². The van der Waals surface area contributed by atoms with Crippen LogP contribution in [0.25, 0.3) is 5.69 Å². The number of nitrogens with zero attached hydrogens (tertiary/aromatic N) is 4. The third kappa shape index (κ3) is 3.45. The molecule has 30 heavy (non-hydrogen) atoms. The van der Waals surface area contributed by atoms with Gasteiger partial charge in [-0.2, -0.15) is 0 Å². The highest BCUT2D eigenvalue weighted by Gasteiger charge is 2.64. The van der Waals surface area contributed by atoms with Gasteiger partial charge in [-0.25, -0.2) is 15.0 Å². The molecule has 7 nitrogen and oxygen atoms in total. The van der Waals surface area contributed by atoms with Crippen LogP contribution < -0.4 is 16.2 Å². The van der Waals surface area contributed by atoms with Crippen molar-refractivity contribution in [3.8, 4) is 5.69 Å². The molecule has 5 rings (SSSR count). The van der Waals surface area contributed by atoms with Crippen molar-refractivity contribution in [3.63, 3.8) is 0 Å². The van der Waals surface area contributed by atoms with E-state index >= 15 is 0 Å². The summed E-state index contributed by atoms with van der Waals surface area (Å²) in [6.07, 6.45) is 11.4. The monoisotopic (exact) mass is 420 g/mol. The van der Waals surface area contributed by atoms with Gasteiger partial charge in [0.15, 0.2) is 0 Å². The molecule has 0 aromatic carbocycles. The van der Waals surface area contributed by atoms with E-state index in [1.165, 1.54) is 6.42 Å². The van der Waals surface area contributed by atoms with Crippen LogP contribution in [0.1, 0.15) is 19.8 Å². The summed E-state index contributed by atoms with van der Waals surface area (Å²) in [5.41, 5.74) is 0.956. The molecule has 2 saturated carbocycles. The summed E-state index contributed by atoms with van der Waals surface area (Å²) in [6, 6.07) is 9.69. The first-order chi connectivity index (χ1) is 14.6. The van der Waals surface area contributed by atoms with Crippen molar-refractivity contribution in [2.24, 2.45) is 11.3 Å². The molecule has 4 atom stereocenters. The Morgan fingerprint density at radius 1 is 1.10 bits per heavy atom. The van der Waals surface area contributed by atoms with Crippen LogP contribution in [-0.2, 0) is 0 Å². The largest absolute Gasteiger partial charge is 0.367 e. The molecule has 2 aliphatic rings. The van der Waals surface area contributed by atoms with E-state index in [0.29, 0.717) is 23.9 Å². The van der Waals surface area contributed by atoms with Crippen LogP contribution >= 0.6 is 11.8 Å². The third-order valence-electron chi connectivity index (χ3n) is 6.47. The van der Waals surface area contributed by atoms with E-state index in [1.807, 2.05) is 36.8 Å². The van der Waals surface area contributed by atoms with Crippen molar-refractivity contribution < 1.29 is 0 Å². The molecular formula is C22H24N6OS. The van der Waals surface area contributed by atoms with Gasteiger partial charge < -0.3 is 10.6 Å². The fourth-order valence-corrected chi connectivity index (χ4v) is 4.90. The second kappa shape index (κ2) is 7.43. The van der Waals surface area contributed by atoms with E-state index in [4.69, 9.17) is 0 Å². The number of rotatable bonds is 6. The molecule has 1 unspecified atom stereocenters. The number of hydrogen-bond acceptors (Lipinski definition) is 7. The number of thioether (sulfide) groups is 1. The Morgan fingerprint density at radius 3 is 2.63 bits per heavy atom. The number of pyridine rings is 2. The third-order valence-corrected chi connectivity index (χ3v) is 7.15. The van der Waals surface area contributed by atoms with E-state index in [2.05, 4.69) is 32.5 Å². The zero-order valence-electron chi connectivity index (χ0n) is 16.9. The smallest absolute Gasteiger partial charge is 0.255 e. The fraction of sp³-hybridized carbons (Fsp3) is 0.364. The zero-order valence-corrected chi connectivity index (χ0v) is 17.8. The predicted octanol–water partition coefficient (Wildman–Crippen LogP) is 3.44. The van der Waals surface area contributed by atoms with Gasteiger partial charge in [0.25, 0.3) is 5.56 Å². The molecule has 2 N–H and O–H groups in total. The highest BCUT2D eigenvalue weighted by atomic mass is 32.2. The molecule has 3 aromatic rings. The maximum absolute atomic E-state index is 12.0. The number of aromatic nitrogens is 4. The second-order valence-electron chi connectivity index (χ2n) is 8.26. The lowest BCUT2D eigenvalue weighted by atomic mass is 10.0. The Labute approximate surface area is 179 Å². The first kappa shape index (κ1) is 19.1. The average Bonchev–Trinajstić information content (AvgIpc) is 3.40. The summed E-state index contributed by atoms with van der Waals surface area (Å²) < 4.78 is 1.59. The lowest BCUT2D eigenvalue weighted by molar-refractivity contribution is 0.487. The van der Waals surface area contributed by atoms with E-state index in [-0.39, 0.29) is 11.0 Å². The fourth-order valence-electron chi connectivity index (χ4n) is 4.58. The molecule has 154 valence electrons. The quantitative estimate of drug-likeness (QED) is 0.591. The van der Waals surface area contributed by atoms with Crippen LogP contribution in [0.3, 0.4) is 0 Å². The summed E-state index contributed by atoms with van der Waals surface area (Å²) >= 11 is 1.64. The lowest BCUT2D eigenvalue weighted by Gasteiger charge is -2.22. The van der Waals surface area contributed by atoms with Crippen molar-refractivity contribution in [2.75, 3.05) is 16.9 Å². The molecule has 3 heterocycles. The molecule has 8 heteroatoms. The van der Waals surface area contributed by atoms with Crippen LogP contribution in [-0.4, -0.2) is 37.9 Å². The summed E-state index contributed by atoms with van der Waals surface area (Å²) in [6.45, 7) is 2.34. The van der Waals surface area contributed by atoms with E-state index in [1.54, 1.807) is 40.9 Å². The van der Waals surface area contributed by atoms with E-state index in [0.717, 1.165) is 22.8 Å². The first-order valence-electron chi connectivity index (χ1n) is 10.1. The van der Waals surface area contributed by atoms with Crippen molar-refractivity contribution in [1.82, 2.24) is 19.5 Å². The van der Waals surface area contributed by atoms with E-state index in [9.17, 15) is 4.79 Å². The number of fused-ring (bicyclic) bond motifs is 1. The summed E-state index contributed by atoms with van der Waals surface area (Å²) in [5.74, 6) is 2.14. The Balaban J connectivity index is 1.26. The highest BCUT2D eigenvalue weighted by molar-refractivity contribution is 7.98.